The summed E-state index contributed by atoms with van der Waals surface area (Å²) in [4.78, 5) is 11.2. The van der Waals surface area contributed by atoms with E-state index in [1.807, 2.05) is 24.3 Å². The third-order valence-electron chi connectivity index (χ3n) is 4.82. The molecule has 0 aliphatic heterocycles. The monoisotopic (exact) mass is 425 g/mol. The van der Waals surface area contributed by atoms with Crippen molar-refractivity contribution in [3.63, 3.8) is 0 Å². The third kappa shape index (κ3) is 6.11. The highest BCUT2D eigenvalue weighted by Crippen LogP contribution is 2.26. The van der Waals surface area contributed by atoms with E-state index in [0.29, 0.717) is 17.3 Å². The van der Waals surface area contributed by atoms with Crippen LogP contribution < -0.4 is 10.1 Å². The molecule has 1 aliphatic rings. The Morgan fingerprint density at radius 3 is 2.86 bits per heavy atom. The molecule has 0 aromatic heterocycles. The molecule has 152 valence electrons. The number of hydrogen-bond acceptors (Lipinski definition) is 5. The summed E-state index contributed by atoms with van der Waals surface area (Å²) in [7, 11) is 1.34. The lowest BCUT2D eigenvalue weighted by Crippen LogP contribution is -2.37. The number of fused-ring (bicyclic) bond motifs is 1. The standard InChI is InChI=1S/C21H24ClNO4.ClH/c1-26-21(25)13-27-19-8-6-14-5-7-18(10-16(14)11-19)23-12-20(24)15-3-2-4-17(22)9-15;/h2-4,6,8-9,11,18,20,23-24H,5,7,10,12-13H2,1H3;1H/t18-,20+;/m1./s1. The van der Waals surface area contributed by atoms with Gasteiger partial charge in [0.05, 0.1) is 13.2 Å². The highest BCUT2D eigenvalue weighted by molar-refractivity contribution is 6.30. The molecule has 7 heteroatoms. The zero-order valence-electron chi connectivity index (χ0n) is 15.7. The van der Waals surface area contributed by atoms with E-state index in [2.05, 4.69) is 16.1 Å². The first-order valence-corrected chi connectivity index (χ1v) is 9.41. The Labute approximate surface area is 176 Å². The number of nitrogens with one attached hydrogen (secondary N) is 1. The van der Waals surface area contributed by atoms with Crippen LogP contribution in [0.25, 0.3) is 0 Å². The van der Waals surface area contributed by atoms with E-state index in [-0.39, 0.29) is 25.1 Å². The van der Waals surface area contributed by atoms with Gasteiger partial charge in [0.15, 0.2) is 6.61 Å². The van der Waals surface area contributed by atoms with Gasteiger partial charge in [0.1, 0.15) is 5.75 Å². The first kappa shape index (κ1) is 22.5. The van der Waals surface area contributed by atoms with Gasteiger partial charge < -0.3 is 19.9 Å². The van der Waals surface area contributed by atoms with Gasteiger partial charge in [0.25, 0.3) is 0 Å². The van der Waals surface area contributed by atoms with Crippen LogP contribution in [-0.4, -0.2) is 37.4 Å². The number of rotatable bonds is 7. The second-order valence-electron chi connectivity index (χ2n) is 6.71. The molecular formula is C21H25Cl2NO4. The van der Waals surface area contributed by atoms with Gasteiger partial charge in [-0.3, -0.25) is 0 Å². The normalized spacial score (nSPS) is 16.5. The third-order valence-corrected chi connectivity index (χ3v) is 5.06. The molecule has 2 aromatic carbocycles. The molecule has 0 radical (unpaired) electrons. The molecule has 2 atom stereocenters. The summed E-state index contributed by atoms with van der Waals surface area (Å²) in [5, 5.41) is 14.4. The van der Waals surface area contributed by atoms with Crippen LogP contribution >= 0.6 is 24.0 Å². The fourth-order valence-electron chi connectivity index (χ4n) is 3.31. The van der Waals surface area contributed by atoms with Crippen LogP contribution in [0.1, 0.15) is 29.2 Å². The van der Waals surface area contributed by atoms with Crippen molar-refractivity contribution in [3.05, 3.63) is 64.2 Å². The van der Waals surface area contributed by atoms with Gasteiger partial charge >= 0.3 is 5.97 Å². The molecule has 0 amide bonds. The second kappa shape index (κ2) is 10.7. The summed E-state index contributed by atoms with van der Waals surface area (Å²) in [5.41, 5.74) is 3.32. The lowest BCUT2D eigenvalue weighted by molar-refractivity contribution is -0.142. The highest BCUT2D eigenvalue weighted by Gasteiger charge is 2.20. The van der Waals surface area contributed by atoms with Crippen molar-refractivity contribution in [1.82, 2.24) is 5.32 Å². The van der Waals surface area contributed by atoms with Crippen molar-refractivity contribution < 1.29 is 19.4 Å². The van der Waals surface area contributed by atoms with Crippen molar-refractivity contribution in [1.29, 1.82) is 0 Å². The molecule has 5 nitrogen and oxygen atoms in total. The number of carbonyl (C=O) groups excluding carboxylic acids is 1. The van der Waals surface area contributed by atoms with Crippen molar-refractivity contribution >= 4 is 30.0 Å². The number of methoxy groups -OCH3 is 1. The number of aryl methyl sites for hydroxylation is 1. The van der Waals surface area contributed by atoms with Gasteiger partial charge in [0, 0.05) is 17.6 Å². The quantitative estimate of drug-likeness (QED) is 0.664. The number of esters is 1. The fourth-order valence-corrected chi connectivity index (χ4v) is 3.51. The smallest absolute Gasteiger partial charge is 0.343 e. The Hall–Kier alpha value is -1.79. The summed E-state index contributed by atoms with van der Waals surface area (Å²) in [5.74, 6) is 0.265. The molecule has 0 saturated heterocycles. The van der Waals surface area contributed by atoms with E-state index in [4.69, 9.17) is 16.3 Å². The average Bonchev–Trinajstić information content (AvgIpc) is 2.69. The molecule has 0 saturated carbocycles. The number of carbonyl (C=O) groups is 1. The topological polar surface area (TPSA) is 67.8 Å². The lowest BCUT2D eigenvalue weighted by atomic mass is 9.88. The van der Waals surface area contributed by atoms with Crippen molar-refractivity contribution in [3.8, 4) is 5.75 Å². The number of ether oxygens (including phenoxy) is 2. The van der Waals surface area contributed by atoms with Crippen LogP contribution in [0.4, 0.5) is 0 Å². The summed E-state index contributed by atoms with van der Waals surface area (Å²) < 4.78 is 10.1. The summed E-state index contributed by atoms with van der Waals surface area (Å²) in [6.45, 7) is 0.377. The van der Waals surface area contributed by atoms with Crippen LogP contribution in [-0.2, 0) is 22.4 Å². The molecular weight excluding hydrogens is 401 g/mol. The van der Waals surface area contributed by atoms with Crippen molar-refractivity contribution in [2.45, 2.75) is 31.4 Å². The molecule has 0 heterocycles. The Bertz CT molecular complexity index is 800. The van der Waals surface area contributed by atoms with Gasteiger partial charge in [0.2, 0.25) is 0 Å². The van der Waals surface area contributed by atoms with E-state index < -0.39 is 12.1 Å². The largest absolute Gasteiger partial charge is 0.482 e. The summed E-state index contributed by atoms with van der Waals surface area (Å²) in [6.07, 6.45) is 2.24. The number of aliphatic hydroxyl groups is 1. The molecule has 2 N–H and O–H groups in total. The minimum atomic E-state index is -0.597. The minimum absolute atomic E-state index is 0. The van der Waals surface area contributed by atoms with Gasteiger partial charge in [-0.2, -0.15) is 0 Å². The zero-order valence-corrected chi connectivity index (χ0v) is 17.3. The van der Waals surface area contributed by atoms with Crippen LogP contribution in [0.15, 0.2) is 42.5 Å². The van der Waals surface area contributed by atoms with Crippen molar-refractivity contribution in [2.75, 3.05) is 20.3 Å². The number of benzene rings is 2. The van der Waals surface area contributed by atoms with E-state index >= 15 is 0 Å². The van der Waals surface area contributed by atoms with Crippen LogP contribution in [0.3, 0.4) is 0 Å². The predicted octanol–water partition coefficient (Wildman–Crippen LogP) is 3.49. The molecule has 3 rings (SSSR count). The molecule has 0 unspecified atom stereocenters. The number of hydrogen-bond donors (Lipinski definition) is 2. The SMILES string of the molecule is COC(=O)COc1ccc2c(c1)C[C@H](NC[C@H](O)c1cccc(Cl)c1)CC2.Cl. The Morgan fingerprint density at radius 2 is 2.11 bits per heavy atom. The van der Waals surface area contributed by atoms with Gasteiger partial charge in [-0.15, -0.1) is 12.4 Å². The maximum atomic E-state index is 11.2. The van der Waals surface area contributed by atoms with Gasteiger partial charge in [-0.05, 0) is 60.2 Å². The molecule has 1 aliphatic carbocycles. The Morgan fingerprint density at radius 1 is 1.29 bits per heavy atom. The van der Waals surface area contributed by atoms with Crippen LogP contribution in [0.5, 0.6) is 5.75 Å². The van der Waals surface area contributed by atoms with E-state index in [9.17, 15) is 9.90 Å². The van der Waals surface area contributed by atoms with E-state index in [1.54, 1.807) is 12.1 Å². The molecule has 28 heavy (non-hydrogen) atoms. The Balaban J connectivity index is 0.00000280. The fraction of sp³-hybridized carbons (Fsp3) is 0.381. The van der Waals surface area contributed by atoms with Crippen LogP contribution in [0, 0.1) is 0 Å². The number of halogens is 2. The first-order chi connectivity index (χ1) is 13.0. The maximum absolute atomic E-state index is 11.2. The number of aliphatic hydroxyl groups excluding tert-OH is 1. The lowest BCUT2D eigenvalue weighted by Gasteiger charge is -2.27. The summed E-state index contributed by atoms with van der Waals surface area (Å²) in [6, 6.07) is 13.5. The zero-order chi connectivity index (χ0) is 19.2. The molecule has 2 aromatic rings. The predicted molar refractivity (Wildman–Crippen MR) is 111 cm³/mol. The highest BCUT2D eigenvalue weighted by atomic mass is 35.5. The second-order valence-corrected chi connectivity index (χ2v) is 7.15. The molecule has 0 spiro atoms. The first-order valence-electron chi connectivity index (χ1n) is 9.03. The minimum Gasteiger partial charge on any atom is -0.482 e. The average molecular weight is 426 g/mol. The Kier molecular flexibility index (Phi) is 8.58. The maximum Gasteiger partial charge on any atom is 0.343 e. The van der Waals surface area contributed by atoms with Crippen LogP contribution in [0.2, 0.25) is 5.02 Å². The summed E-state index contributed by atoms with van der Waals surface area (Å²) >= 11 is 5.99. The van der Waals surface area contributed by atoms with E-state index in [0.717, 1.165) is 24.8 Å². The van der Waals surface area contributed by atoms with Gasteiger partial charge in [-0.1, -0.05) is 29.8 Å². The van der Waals surface area contributed by atoms with E-state index in [1.165, 1.54) is 18.2 Å². The van der Waals surface area contributed by atoms with Crippen molar-refractivity contribution in [2.24, 2.45) is 0 Å². The molecule has 0 fully saturated rings. The van der Waals surface area contributed by atoms with Gasteiger partial charge in [-0.25, -0.2) is 4.79 Å². The molecule has 0 bridgehead atoms.